The van der Waals surface area contributed by atoms with Gasteiger partial charge in [-0.2, -0.15) is 0 Å². The molecule has 3 nitrogen and oxygen atoms in total. The minimum atomic E-state index is -1.19. The molecule has 0 saturated heterocycles. The van der Waals surface area contributed by atoms with Crippen molar-refractivity contribution in [2.24, 2.45) is 0 Å². The van der Waals surface area contributed by atoms with Crippen LogP contribution < -0.4 is 5.32 Å². The van der Waals surface area contributed by atoms with Crippen LogP contribution in [0.5, 0.6) is 0 Å². The summed E-state index contributed by atoms with van der Waals surface area (Å²) in [7, 11) is 0. The summed E-state index contributed by atoms with van der Waals surface area (Å²) < 4.78 is 13.1. The average molecular weight is 209 g/mol. The molecule has 1 amide bonds. The lowest BCUT2D eigenvalue weighted by Crippen LogP contribution is -2.09. The van der Waals surface area contributed by atoms with Gasteiger partial charge in [-0.25, -0.2) is 4.39 Å². The summed E-state index contributed by atoms with van der Waals surface area (Å²) in [6.45, 7) is 2.71. The number of amides is 1. The maximum atomic E-state index is 13.1. The predicted molar refractivity (Wildman–Crippen MR) is 55.7 cm³/mol. The third-order valence-electron chi connectivity index (χ3n) is 1.95. The van der Waals surface area contributed by atoms with E-state index < -0.39 is 6.17 Å². The van der Waals surface area contributed by atoms with Crippen molar-refractivity contribution >= 4 is 17.9 Å². The smallest absolute Gasteiger partial charge is 0.221 e. The molecule has 0 radical (unpaired) electrons. The molecular formula is C11H12FNO2. The van der Waals surface area contributed by atoms with Crippen LogP contribution in [0.2, 0.25) is 0 Å². The van der Waals surface area contributed by atoms with E-state index >= 15 is 0 Å². The summed E-state index contributed by atoms with van der Waals surface area (Å²) in [5.41, 5.74) is 1.13. The first-order valence-corrected chi connectivity index (χ1v) is 4.55. The van der Waals surface area contributed by atoms with Crippen LogP contribution in [0, 0.1) is 0 Å². The van der Waals surface area contributed by atoms with E-state index in [0.717, 1.165) is 0 Å². The van der Waals surface area contributed by atoms with Crippen molar-refractivity contribution in [2.45, 2.75) is 20.0 Å². The van der Waals surface area contributed by atoms with E-state index in [9.17, 15) is 14.0 Å². The standard InChI is InChI=1S/C11H12FNO2/c1-7(12)10-4-3-9(6-14)5-11(10)13-8(2)15/h3-7H,1-2H3,(H,13,15). The normalized spacial score (nSPS) is 11.9. The van der Waals surface area contributed by atoms with Crippen LogP contribution >= 0.6 is 0 Å². The molecule has 0 spiro atoms. The average Bonchev–Trinajstić information content (AvgIpc) is 2.16. The highest BCUT2D eigenvalue weighted by Gasteiger charge is 2.10. The fourth-order valence-electron chi connectivity index (χ4n) is 1.29. The molecule has 1 N–H and O–H groups in total. The Morgan fingerprint density at radius 3 is 2.67 bits per heavy atom. The van der Waals surface area contributed by atoms with Gasteiger partial charge < -0.3 is 5.32 Å². The van der Waals surface area contributed by atoms with Gasteiger partial charge >= 0.3 is 0 Å². The van der Waals surface area contributed by atoms with Gasteiger partial charge in [0, 0.05) is 23.7 Å². The zero-order valence-electron chi connectivity index (χ0n) is 8.58. The first-order valence-electron chi connectivity index (χ1n) is 4.55. The van der Waals surface area contributed by atoms with Crippen molar-refractivity contribution in [2.75, 3.05) is 5.32 Å². The highest BCUT2D eigenvalue weighted by atomic mass is 19.1. The molecule has 0 aliphatic heterocycles. The first-order chi connectivity index (χ1) is 7.04. The molecule has 0 aliphatic rings. The van der Waals surface area contributed by atoms with E-state index in [1.54, 1.807) is 0 Å². The van der Waals surface area contributed by atoms with Crippen molar-refractivity contribution < 1.29 is 14.0 Å². The lowest BCUT2D eigenvalue weighted by Gasteiger charge is -2.11. The molecule has 4 heteroatoms. The SMILES string of the molecule is CC(=O)Nc1cc(C=O)ccc1C(C)F. The van der Waals surface area contributed by atoms with Crippen LogP contribution in [0.4, 0.5) is 10.1 Å². The summed E-state index contributed by atoms with van der Waals surface area (Å²) in [5, 5.41) is 2.49. The lowest BCUT2D eigenvalue weighted by molar-refractivity contribution is -0.114. The summed E-state index contributed by atoms with van der Waals surface area (Å²) in [4.78, 5) is 21.4. The Morgan fingerprint density at radius 2 is 2.20 bits per heavy atom. The Kier molecular flexibility index (Phi) is 3.55. The number of hydrogen-bond acceptors (Lipinski definition) is 2. The van der Waals surface area contributed by atoms with Crippen molar-refractivity contribution in [1.82, 2.24) is 0 Å². The third kappa shape index (κ3) is 2.87. The van der Waals surface area contributed by atoms with Crippen LogP contribution in [0.15, 0.2) is 18.2 Å². The van der Waals surface area contributed by atoms with Crippen LogP contribution in [-0.4, -0.2) is 12.2 Å². The highest BCUT2D eigenvalue weighted by molar-refractivity contribution is 5.91. The molecule has 1 unspecified atom stereocenters. The molecule has 0 heterocycles. The second-order valence-electron chi connectivity index (χ2n) is 3.26. The molecule has 0 aromatic heterocycles. The Morgan fingerprint density at radius 1 is 1.53 bits per heavy atom. The molecule has 1 aromatic rings. The molecule has 1 aromatic carbocycles. The number of benzene rings is 1. The lowest BCUT2D eigenvalue weighted by atomic mass is 10.1. The van der Waals surface area contributed by atoms with Crippen molar-refractivity contribution in [3.8, 4) is 0 Å². The molecule has 1 rings (SSSR count). The Balaban J connectivity index is 3.15. The number of rotatable bonds is 3. The number of carbonyl (C=O) groups is 2. The number of alkyl halides is 1. The molecule has 80 valence electrons. The van der Waals surface area contributed by atoms with Crippen molar-refractivity contribution in [3.05, 3.63) is 29.3 Å². The third-order valence-corrected chi connectivity index (χ3v) is 1.95. The molecule has 0 fully saturated rings. The maximum absolute atomic E-state index is 13.1. The van der Waals surface area contributed by atoms with Gasteiger partial charge in [0.15, 0.2) is 0 Å². The van der Waals surface area contributed by atoms with Gasteiger partial charge in [0.05, 0.1) is 0 Å². The summed E-state index contributed by atoms with van der Waals surface area (Å²) in [6.07, 6.45) is -0.537. The molecule has 0 bridgehead atoms. The van der Waals surface area contributed by atoms with E-state index in [0.29, 0.717) is 23.1 Å². The second-order valence-corrected chi connectivity index (χ2v) is 3.26. The van der Waals surface area contributed by atoms with Gasteiger partial charge in [0.2, 0.25) is 5.91 Å². The number of hydrogen-bond donors (Lipinski definition) is 1. The van der Waals surface area contributed by atoms with Crippen LogP contribution in [0.1, 0.15) is 35.9 Å². The van der Waals surface area contributed by atoms with Gasteiger partial charge in [-0.3, -0.25) is 9.59 Å². The maximum Gasteiger partial charge on any atom is 0.221 e. The number of anilines is 1. The zero-order chi connectivity index (χ0) is 11.4. The van der Waals surface area contributed by atoms with Gasteiger partial charge in [-0.05, 0) is 13.0 Å². The number of carbonyl (C=O) groups excluding carboxylic acids is 2. The first kappa shape index (κ1) is 11.4. The summed E-state index contributed by atoms with van der Waals surface area (Å²) in [5.74, 6) is -0.292. The molecule has 15 heavy (non-hydrogen) atoms. The van der Waals surface area contributed by atoms with Gasteiger partial charge in [0.25, 0.3) is 0 Å². The van der Waals surface area contributed by atoms with E-state index in [-0.39, 0.29) is 5.91 Å². The fourth-order valence-corrected chi connectivity index (χ4v) is 1.29. The summed E-state index contributed by atoms with van der Waals surface area (Å²) in [6, 6.07) is 4.48. The minimum absolute atomic E-state index is 0.292. The number of aldehydes is 1. The molecule has 0 aliphatic carbocycles. The largest absolute Gasteiger partial charge is 0.326 e. The van der Waals surface area contributed by atoms with E-state index in [1.165, 1.54) is 32.0 Å². The Hall–Kier alpha value is -1.71. The summed E-state index contributed by atoms with van der Waals surface area (Å²) >= 11 is 0. The second kappa shape index (κ2) is 4.68. The predicted octanol–water partition coefficient (Wildman–Crippen LogP) is 2.49. The Bertz CT molecular complexity index is 388. The molecular weight excluding hydrogens is 197 g/mol. The molecule has 0 saturated carbocycles. The Labute approximate surface area is 87.3 Å². The van der Waals surface area contributed by atoms with Crippen LogP contribution in [0.25, 0.3) is 0 Å². The molecule has 1 atom stereocenters. The van der Waals surface area contributed by atoms with Crippen LogP contribution in [0.3, 0.4) is 0 Å². The van der Waals surface area contributed by atoms with Gasteiger partial charge in [-0.1, -0.05) is 12.1 Å². The zero-order valence-corrected chi connectivity index (χ0v) is 8.58. The monoisotopic (exact) mass is 209 g/mol. The minimum Gasteiger partial charge on any atom is -0.326 e. The fraction of sp³-hybridized carbons (Fsp3) is 0.273. The topological polar surface area (TPSA) is 46.2 Å². The van der Waals surface area contributed by atoms with Gasteiger partial charge in [0.1, 0.15) is 12.5 Å². The van der Waals surface area contributed by atoms with Gasteiger partial charge in [-0.15, -0.1) is 0 Å². The van der Waals surface area contributed by atoms with E-state index in [1.807, 2.05) is 0 Å². The number of nitrogens with one attached hydrogen (secondary N) is 1. The van der Waals surface area contributed by atoms with Crippen molar-refractivity contribution in [3.63, 3.8) is 0 Å². The van der Waals surface area contributed by atoms with E-state index in [4.69, 9.17) is 0 Å². The van der Waals surface area contributed by atoms with E-state index in [2.05, 4.69) is 5.32 Å². The van der Waals surface area contributed by atoms with Crippen molar-refractivity contribution in [1.29, 1.82) is 0 Å². The van der Waals surface area contributed by atoms with Crippen LogP contribution in [-0.2, 0) is 4.79 Å². The number of halogens is 1. The highest BCUT2D eigenvalue weighted by Crippen LogP contribution is 2.26. The quantitative estimate of drug-likeness (QED) is 0.777.